The summed E-state index contributed by atoms with van der Waals surface area (Å²) in [7, 11) is 0. The highest BCUT2D eigenvalue weighted by molar-refractivity contribution is 5.96. The lowest BCUT2D eigenvalue weighted by Gasteiger charge is -2.02. The Hall–Kier alpha value is -2.23. The van der Waals surface area contributed by atoms with Crippen LogP contribution in [0.5, 0.6) is 5.75 Å². The van der Waals surface area contributed by atoms with E-state index in [1.807, 2.05) is 0 Å². The molecule has 4 heteroatoms. The lowest BCUT2D eigenvalue weighted by Crippen LogP contribution is -2.02. The van der Waals surface area contributed by atoms with Crippen molar-refractivity contribution in [2.45, 2.75) is 6.92 Å². The van der Waals surface area contributed by atoms with Gasteiger partial charge in [0.05, 0.1) is 17.2 Å². The number of benzene rings is 1. The minimum absolute atomic E-state index is 0.0330. The van der Waals surface area contributed by atoms with Crippen LogP contribution in [0.15, 0.2) is 38.1 Å². The largest absolute Gasteiger partial charge is 0.507 e. The molecule has 0 amide bonds. The fraction of sp³-hybridized carbons (Fsp3) is 0.0833. The monoisotopic (exact) mass is 216 g/mol. The first kappa shape index (κ1) is 9.03. The molecule has 0 radical (unpaired) electrons. The van der Waals surface area contributed by atoms with Gasteiger partial charge < -0.3 is 13.9 Å². The minimum Gasteiger partial charge on any atom is -0.507 e. The Morgan fingerprint density at radius 3 is 2.88 bits per heavy atom. The van der Waals surface area contributed by atoms with Crippen LogP contribution in [0.1, 0.15) is 5.56 Å². The SMILES string of the molecule is Cc1c(O)c2cc3ccoc3cc2oc1=O. The highest BCUT2D eigenvalue weighted by atomic mass is 16.4. The molecule has 4 nitrogen and oxygen atoms in total. The predicted octanol–water partition coefficient (Wildman–Crippen LogP) is 2.55. The molecule has 0 aliphatic heterocycles. The Labute approximate surface area is 89.7 Å². The molecule has 2 aromatic heterocycles. The van der Waals surface area contributed by atoms with E-state index < -0.39 is 5.63 Å². The molecule has 16 heavy (non-hydrogen) atoms. The molecule has 0 atom stereocenters. The molecule has 0 bridgehead atoms. The summed E-state index contributed by atoms with van der Waals surface area (Å²) in [5.41, 5.74) is 0.640. The number of hydrogen-bond donors (Lipinski definition) is 1. The van der Waals surface area contributed by atoms with Crippen LogP contribution in [0.3, 0.4) is 0 Å². The fourth-order valence-corrected chi connectivity index (χ4v) is 1.74. The second-order valence-electron chi connectivity index (χ2n) is 3.67. The zero-order valence-electron chi connectivity index (χ0n) is 8.48. The van der Waals surface area contributed by atoms with E-state index in [1.54, 1.807) is 24.5 Å². The third kappa shape index (κ3) is 1.07. The van der Waals surface area contributed by atoms with Crippen LogP contribution >= 0.6 is 0 Å². The van der Waals surface area contributed by atoms with E-state index in [1.165, 1.54) is 6.92 Å². The molecule has 3 rings (SSSR count). The Morgan fingerprint density at radius 1 is 1.25 bits per heavy atom. The molecule has 0 spiro atoms. The third-order valence-electron chi connectivity index (χ3n) is 2.67. The topological polar surface area (TPSA) is 63.6 Å². The molecular formula is C12H8O4. The van der Waals surface area contributed by atoms with Gasteiger partial charge in [0.15, 0.2) is 0 Å². The van der Waals surface area contributed by atoms with Crippen molar-refractivity contribution < 1.29 is 13.9 Å². The average Bonchev–Trinajstić information content (AvgIpc) is 2.71. The minimum atomic E-state index is -0.532. The number of fused-ring (bicyclic) bond motifs is 2. The molecule has 1 N–H and O–H groups in total. The summed E-state index contributed by atoms with van der Waals surface area (Å²) in [6.07, 6.45) is 1.55. The summed E-state index contributed by atoms with van der Waals surface area (Å²) in [5, 5.41) is 11.2. The smallest absolute Gasteiger partial charge is 0.342 e. The van der Waals surface area contributed by atoms with Crippen molar-refractivity contribution in [1.29, 1.82) is 0 Å². The predicted molar refractivity (Wildman–Crippen MR) is 58.7 cm³/mol. The van der Waals surface area contributed by atoms with E-state index >= 15 is 0 Å². The second kappa shape index (κ2) is 2.88. The quantitative estimate of drug-likeness (QED) is 0.586. The zero-order valence-corrected chi connectivity index (χ0v) is 8.48. The van der Waals surface area contributed by atoms with E-state index in [0.29, 0.717) is 16.6 Å². The Morgan fingerprint density at radius 2 is 2.06 bits per heavy atom. The van der Waals surface area contributed by atoms with E-state index in [-0.39, 0.29) is 11.3 Å². The molecular weight excluding hydrogens is 208 g/mol. The number of aromatic hydroxyl groups is 1. The van der Waals surface area contributed by atoms with Crippen LogP contribution < -0.4 is 5.63 Å². The standard InChI is InChI=1S/C12H8O4/c1-6-11(13)8-4-7-2-3-15-9(7)5-10(8)16-12(6)14/h2-5,13H,1H3. The van der Waals surface area contributed by atoms with Crippen molar-refractivity contribution in [3.05, 3.63) is 40.4 Å². The van der Waals surface area contributed by atoms with Gasteiger partial charge in [-0.15, -0.1) is 0 Å². The van der Waals surface area contributed by atoms with Crippen LogP contribution in [0.4, 0.5) is 0 Å². The maximum absolute atomic E-state index is 11.4. The van der Waals surface area contributed by atoms with Gasteiger partial charge >= 0.3 is 5.63 Å². The summed E-state index contributed by atoms with van der Waals surface area (Å²) in [6.45, 7) is 1.53. The van der Waals surface area contributed by atoms with Gasteiger partial charge in [0, 0.05) is 11.5 Å². The molecule has 0 aliphatic carbocycles. The highest BCUT2D eigenvalue weighted by Crippen LogP contribution is 2.30. The average molecular weight is 216 g/mol. The molecule has 2 heterocycles. The summed E-state index contributed by atoms with van der Waals surface area (Å²) < 4.78 is 10.3. The van der Waals surface area contributed by atoms with Crippen LogP contribution in [-0.2, 0) is 0 Å². The Balaban J connectivity index is 2.59. The van der Waals surface area contributed by atoms with Crippen molar-refractivity contribution in [2.24, 2.45) is 0 Å². The third-order valence-corrected chi connectivity index (χ3v) is 2.67. The molecule has 0 unspecified atom stereocenters. The second-order valence-corrected chi connectivity index (χ2v) is 3.67. The van der Waals surface area contributed by atoms with Crippen LogP contribution in [0, 0.1) is 6.92 Å². The molecule has 3 aromatic rings. The van der Waals surface area contributed by atoms with E-state index in [0.717, 1.165) is 5.39 Å². The molecule has 0 fully saturated rings. The van der Waals surface area contributed by atoms with Gasteiger partial charge in [0.2, 0.25) is 0 Å². The number of furan rings is 1. The summed E-state index contributed by atoms with van der Waals surface area (Å²) in [5.74, 6) is -0.0330. The summed E-state index contributed by atoms with van der Waals surface area (Å²) in [4.78, 5) is 11.4. The van der Waals surface area contributed by atoms with E-state index in [9.17, 15) is 9.90 Å². The zero-order chi connectivity index (χ0) is 11.3. The molecule has 1 aromatic carbocycles. The Kier molecular flexibility index (Phi) is 1.63. The van der Waals surface area contributed by atoms with Crippen LogP contribution in [-0.4, -0.2) is 5.11 Å². The molecule has 80 valence electrons. The van der Waals surface area contributed by atoms with E-state index in [2.05, 4.69) is 0 Å². The lowest BCUT2D eigenvalue weighted by molar-refractivity contribution is 0.461. The van der Waals surface area contributed by atoms with E-state index in [4.69, 9.17) is 8.83 Å². The first-order chi connectivity index (χ1) is 7.66. The molecule has 0 saturated heterocycles. The van der Waals surface area contributed by atoms with Gasteiger partial charge in [-0.2, -0.15) is 0 Å². The maximum Gasteiger partial charge on any atom is 0.342 e. The van der Waals surface area contributed by atoms with Crippen molar-refractivity contribution in [2.75, 3.05) is 0 Å². The van der Waals surface area contributed by atoms with Gasteiger partial charge in [-0.3, -0.25) is 0 Å². The van der Waals surface area contributed by atoms with Crippen molar-refractivity contribution in [3.63, 3.8) is 0 Å². The van der Waals surface area contributed by atoms with Crippen LogP contribution in [0.2, 0.25) is 0 Å². The van der Waals surface area contributed by atoms with Gasteiger partial charge in [-0.05, 0) is 19.1 Å². The molecule has 0 saturated carbocycles. The normalized spacial score (nSPS) is 11.3. The van der Waals surface area contributed by atoms with Gasteiger partial charge in [-0.25, -0.2) is 4.79 Å². The van der Waals surface area contributed by atoms with Crippen molar-refractivity contribution in [3.8, 4) is 5.75 Å². The van der Waals surface area contributed by atoms with Crippen LogP contribution in [0.25, 0.3) is 21.9 Å². The van der Waals surface area contributed by atoms with Crippen molar-refractivity contribution in [1.82, 2.24) is 0 Å². The summed E-state index contributed by atoms with van der Waals surface area (Å²) in [6, 6.07) is 5.12. The maximum atomic E-state index is 11.4. The number of rotatable bonds is 0. The van der Waals surface area contributed by atoms with Crippen molar-refractivity contribution >= 4 is 21.9 Å². The lowest BCUT2D eigenvalue weighted by atomic mass is 10.1. The van der Waals surface area contributed by atoms with Gasteiger partial charge in [-0.1, -0.05) is 0 Å². The first-order valence-corrected chi connectivity index (χ1v) is 4.80. The Bertz CT molecular complexity index is 749. The summed E-state index contributed by atoms with van der Waals surface area (Å²) >= 11 is 0. The molecule has 0 aliphatic rings. The first-order valence-electron chi connectivity index (χ1n) is 4.80. The fourth-order valence-electron chi connectivity index (χ4n) is 1.74. The highest BCUT2D eigenvalue weighted by Gasteiger charge is 2.11. The van der Waals surface area contributed by atoms with Gasteiger partial charge in [0.1, 0.15) is 16.9 Å². The van der Waals surface area contributed by atoms with Gasteiger partial charge in [0.25, 0.3) is 0 Å². The number of hydrogen-bond acceptors (Lipinski definition) is 4.